The maximum absolute atomic E-state index is 13.9. The quantitative estimate of drug-likeness (QED) is 0.0926. The van der Waals surface area contributed by atoms with E-state index in [-0.39, 0.29) is 39.5 Å². The van der Waals surface area contributed by atoms with Crippen molar-refractivity contribution in [1.29, 1.82) is 0 Å². The van der Waals surface area contributed by atoms with Crippen molar-refractivity contribution in [3.8, 4) is 34.4 Å². The number of ether oxygens (including phenoxy) is 5. The largest absolute Gasteiger partial charge is 0.493 e. The molecule has 2 aromatic heterocycles. The van der Waals surface area contributed by atoms with Crippen molar-refractivity contribution in [1.82, 2.24) is 14.5 Å². The SMILES string of the molecule is COc1cc(NC(=O)c2cc(=O)c3ccccc3o2)c(C(=O)Nc2ccc(CCN(Cc3cccc(-n4ccnc4)c3)Cc3cc(OC)c(OC)c(OC)c3)cc2)cc1OC. The average Bonchev–Trinajstić information content (AvgIpc) is 3.84. The first kappa shape index (κ1) is 41.6. The Hall–Kier alpha value is -7.58. The lowest BCUT2D eigenvalue weighted by molar-refractivity contribution is 0.0997. The lowest BCUT2D eigenvalue weighted by Gasteiger charge is -2.24. The fourth-order valence-electron chi connectivity index (χ4n) is 6.99. The molecule has 0 saturated carbocycles. The molecule has 0 radical (unpaired) electrons. The number of rotatable bonds is 17. The second-order valence-corrected chi connectivity index (χ2v) is 14.0. The van der Waals surface area contributed by atoms with Crippen LogP contribution in [0, 0.1) is 0 Å². The van der Waals surface area contributed by atoms with E-state index < -0.39 is 11.8 Å². The first-order valence-corrected chi connectivity index (χ1v) is 19.3. The Morgan fingerprint density at radius 2 is 1.39 bits per heavy atom. The standard InChI is InChI=1S/C47H45N5O9/c1-56-40-24-36(37(25-41(40)57-2)50-47(55)44-26-38(53)35-11-6-7-12-39(35)61-44)46(54)49-33-15-13-30(14-16-33)17-19-51(27-31-9-8-10-34(21-31)52-20-18-48-29-52)28-32-22-42(58-3)45(60-5)43(23-32)59-4/h6-16,18,20-26,29H,17,19,27-28H2,1-5H3,(H,49,54)(H,50,55). The maximum atomic E-state index is 13.9. The van der Waals surface area contributed by atoms with Gasteiger partial charge in [-0.15, -0.1) is 0 Å². The minimum Gasteiger partial charge on any atom is -0.493 e. The number of hydrogen-bond donors (Lipinski definition) is 2. The molecule has 7 rings (SSSR count). The van der Waals surface area contributed by atoms with Gasteiger partial charge in [0, 0.05) is 55.5 Å². The fourth-order valence-corrected chi connectivity index (χ4v) is 6.99. The Kier molecular flexibility index (Phi) is 12.9. The summed E-state index contributed by atoms with van der Waals surface area (Å²) >= 11 is 0. The van der Waals surface area contributed by atoms with Crippen molar-refractivity contribution in [2.45, 2.75) is 19.5 Å². The molecule has 7 aromatic rings. The first-order valence-electron chi connectivity index (χ1n) is 19.3. The van der Waals surface area contributed by atoms with Crippen molar-refractivity contribution in [2.24, 2.45) is 0 Å². The van der Waals surface area contributed by atoms with Crippen molar-refractivity contribution in [3.05, 3.63) is 160 Å². The number of anilines is 2. The number of amides is 2. The lowest BCUT2D eigenvalue weighted by Crippen LogP contribution is -2.25. The van der Waals surface area contributed by atoms with Crippen LogP contribution < -0.4 is 39.7 Å². The third-order valence-corrected chi connectivity index (χ3v) is 10.1. The van der Waals surface area contributed by atoms with Crippen molar-refractivity contribution in [2.75, 3.05) is 52.7 Å². The number of carbonyl (C=O) groups excluding carboxylic acids is 2. The monoisotopic (exact) mass is 823 g/mol. The molecule has 0 aliphatic heterocycles. The fraction of sp³-hybridized carbons (Fsp3) is 0.191. The molecule has 2 heterocycles. The molecule has 14 nitrogen and oxygen atoms in total. The predicted molar refractivity (Wildman–Crippen MR) is 232 cm³/mol. The summed E-state index contributed by atoms with van der Waals surface area (Å²) in [6.07, 6.45) is 6.15. The van der Waals surface area contributed by atoms with Gasteiger partial charge in [-0.2, -0.15) is 0 Å². The molecule has 0 aliphatic rings. The summed E-state index contributed by atoms with van der Waals surface area (Å²) in [5, 5.41) is 5.99. The summed E-state index contributed by atoms with van der Waals surface area (Å²) in [5.41, 5.74) is 4.83. The van der Waals surface area contributed by atoms with Crippen LogP contribution in [0.2, 0.25) is 0 Å². The number of benzene rings is 5. The van der Waals surface area contributed by atoms with E-state index in [2.05, 4.69) is 32.7 Å². The van der Waals surface area contributed by atoms with Gasteiger partial charge in [-0.3, -0.25) is 19.3 Å². The number of fused-ring (bicyclic) bond motifs is 1. The summed E-state index contributed by atoms with van der Waals surface area (Å²) < 4.78 is 35.5. The lowest BCUT2D eigenvalue weighted by atomic mass is 10.1. The Morgan fingerprint density at radius 1 is 0.689 bits per heavy atom. The van der Waals surface area contributed by atoms with E-state index in [1.807, 2.05) is 59.3 Å². The molecule has 61 heavy (non-hydrogen) atoms. The molecule has 0 aliphatic carbocycles. The van der Waals surface area contributed by atoms with Gasteiger partial charge >= 0.3 is 0 Å². The van der Waals surface area contributed by atoms with Gasteiger partial charge in [0.25, 0.3) is 11.8 Å². The molecule has 5 aromatic carbocycles. The van der Waals surface area contributed by atoms with Crippen LogP contribution in [0.15, 0.2) is 131 Å². The molecule has 0 unspecified atom stereocenters. The molecule has 0 spiro atoms. The third-order valence-electron chi connectivity index (χ3n) is 10.1. The molecular weight excluding hydrogens is 779 g/mol. The minimum atomic E-state index is -0.723. The molecule has 14 heteroatoms. The second-order valence-electron chi connectivity index (χ2n) is 14.0. The normalized spacial score (nSPS) is 11.0. The summed E-state index contributed by atoms with van der Waals surface area (Å²) in [7, 11) is 7.68. The van der Waals surface area contributed by atoms with Gasteiger partial charge in [0.05, 0.1) is 58.5 Å². The molecule has 0 atom stereocenters. The first-order chi connectivity index (χ1) is 29.7. The van der Waals surface area contributed by atoms with Crippen LogP contribution in [0.3, 0.4) is 0 Å². The predicted octanol–water partition coefficient (Wildman–Crippen LogP) is 7.77. The highest BCUT2D eigenvalue weighted by Crippen LogP contribution is 2.39. The number of carbonyl (C=O) groups is 2. The smallest absolute Gasteiger partial charge is 0.291 e. The molecule has 312 valence electrons. The summed E-state index contributed by atoms with van der Waals surface area (Å²) in [6, 6.07) is 30.6. The highest BCUT2D eigenvalue weighted by molar-refractivity contribution is 6.12. The van der Waals surface area contributed by atoms with Gasteiger partial charge in [0.1, 0.15) is 5.58 Å². The van der Waals surface area contributed by atoms with E-state index in [0.29, 0.717) is 54.4 Å². The zero-order chi connectivity index (χ0) is 42.9. The number of imidazole rings is 1. The van der Waals surface area contributed by atoms with Crippen molar-refractivity contribution < 1.29 is 37.7 Å². The summed E-state index contributed by atoms with van der Waals surface area (Å²) in [6.45, 7) is 1.95. The number of methoxy groups -OCH3 is 5. The van der Waals surface area contributed by atoms with E-state index in [4.69, 9.17) is 28.1 Å². The molecular formula is C47H45N5O9. The summed E-state index contributed by atoms with van der Waals surface area (Å²) in [4.78, 5) is 46.5. The van der Waals surface area contributed by atoms with Gasteiger partial charge < -0.3 is 43.3 Å². The molecule has 0 fully saturated rings. The Balaban J connectivity index is 1.08. The van der Waals surface area contributed by atoms with E-state index in [9.17, 15) is 14.4 Å². The third kappa shape index (κ3) is 9.67. The molecule has 0 saturated heterocycles. The number of hydrogen-bond acceptors (Lipinski definition) is 11. The second kappa shape index (κ2) is 19.0. The minimum absolute atomic E-state index is 0.0951. The van der Waals surface area contributed by atoms with Crippen LogP contribution in [0.1, 0.15) is 37.6 Å². The molecule has 2 N–H and O–H groups in total. The molecule has 0 bridgehead atoms. The number of para-hydroxylation sites is 1. The highest BCUT2D eigenvalue weighted by Gasteiger charge is 2.22. The van der Waals surface area contributed by atoms with E-state index in [1.54, 1.807) is 58.1 Å². The van der Waals surface area contributed by atoms with Crippen LogP contribution >= 0.6 is 0 Å². The van der Waals surface area contributed by atoms with Crippen LogP contribution in [0.4, 0.5) is 11.4 Å². The van der Waals surface area contributed by atoms with Gasteiger partial charge in [-0.05, 0) is 77.7 Å². The van der Waals surface area contributed by atoms with Crippen LogP contribution in [0.5, 0.6) is 28.7 Å². The van der Waals surface area contributed by atoms with Crippen LogP contribution in [-0.2, 0) is 19.5 Å². The van der Waals surface area contributed by atoms with Crippen molar-refractivity contribution >= 4 is 34.2 Å². The van der Waals surface area contributed by atoms with Crippen LogP contribution in [0.25, 0.3) is 16.7 Å². The van der Waals surface area contributed by atoms with Gasteiger partial charge in [-0.1, -0.05) is 36.4 Å². The number of aromatic nitrogens is 2. The molecule has 2 amide bonds. The topological polar surface area (TPSA) is 156 Å². The van der Waals surface area contributed by atoms with E-state index in [0.717, 1.165) is 28.4 Å². The Bertz CT molecular complexity index is 2690. The van der Waals surface area contributed by atoms with Gasteiger partial charge in [-0.25, -0.2) is 4.98 Å². The Labute approximate surface area is 352 Å². The maximum Gasteiger partial charge on any atom is 0.291 e. The zero-order valence-electron chi connectivity index (χ0n) is 34.4. The van der Waals surface area contributed by atoms with E-state index in [1.165, 1.54) is 26.4 Å². The van der Waals surface area contributed by atoms with Gasteiger partial charge in [0.2, 0.25) is 5.75 Å². The average molecular weight is 824 g/mol. The van der Waals surface area contributed by atoms with Crippen LogP contribution in [-0.4, -0.2) is 68.4 Å². The van der Waals surface area contributed by atoms with Gasteiger partial charge in [0.15, 0.2) is 34.2 Å². The Morgan fingerprint density at radius 3 is 2.08 bits per heavy atom. The zero-order valence-corrected chi connectivity index (χ0v) is 34.4. The van der Waals surface area contributed by atoms with Crippen molar-refractivity contribution in [3.63, 3.8) is 0 Å². The summed E-state index contributed by atoms with van der Waals surface area (Å²) in [5.74, 6) is 0.799. The highest BCUT2D eigenvalue weighted by atomic mass is 16.5. The van der Waals surface area contributed by atoms with E-state index >= 15 is 0 Å². The number of nitrogens with zero attached hydrogens (tertiary/aromatic N) is 3. The number of nitrogens with one attached hydrogen (secondary N) is 2.